The molecule has 0 bridgehead atoms. The lowest BCUT2D eigenvalue weighted by Crippen LogP contribution is -2.23. The Kier molecular flexibility index (Phi) is 5.23. The van der Waals surface area contributed by atoms with Crippen LogP contribution in [0.3, 0.4) is 0 Å². The number of hydrogen-bond acceptors (Lipinski definition) is 3. The number of aryl methyl sites for hydroxylation is 2. The molecule has 2 aromatic rings. The number of carbonyl (C=O) groups excluding carboxylic acids is 2. The summed E-state index contributed by atoms with van der Waals surface area (Å²) in [6.45, 7) is 5.25. The first kappa shape index (κ1) is 17.6. The highest BCUT2D eigenvalue weighted by Gasteiger charge is 2.23. The van der Waals surface area contributed by atoms with Crippen molar-refractivity contribution in [3.8, 4) is 11.8 Å². The molecule has 0 aromatic heterocycles. The molecule has 0 saturated carbocycles. The molecule has 1 aliphatic heterocycles. The summed E-state index contributed by atoms with van der Waals surface area (Å²) in [4.78, 5) is 25.2. The van der Waals surface area contributed by atoms with E-state index in [1.165, 1.54) is 0 Å². The summed E-state index contributed by atoms with van der Waals surface area (Å²) in [5, 5.41) is 2.80. The van der Waals surface area contributed by atoms with Gasteiger partial charge in [0.05, 0.1) is 13.1 Å². The Morgan fingerprint density at radius 2 is 1.92 bits per heavy atom. The molecule has 0 aliphatic carbocycles. The van der Waals surface area contributed by atoms with Crippen LogP contribution < -0.4 is 10.2 Å². The average molecular weight is 348 g/mol. The number of amides is 2. The Labute approximate surface area is 153 Å². The zero-order valence-electron chi connectivity index (χ0n) is 14.8. The van der Waals surface area contributed by atoms with E-state index in [2.05, 4.69) is 17.2 Å². The zero-order chi connectivity index (χ0) is 18.5. The average Bonchev–Trinajstić information content (AvgIpc) is 3.07. The maximum atomic E-state index is 12.1. The largest absolute Gasteiger partial charge is 0.447 e. The van der Waals surface area contributed by atoms with Crippen molar-refractivity contribution in [3.05, 3.63) is 64.7 Å². The minimum absolute atomic E-state index is 0.134. The standard InChI is InChI=1S/C21H20N2O3/c1-15-5-8-18(14-16(15)2)20(24)22-11-3-4-17-6-9-19(10-7-17)23-12-13-26-21(23)25/h5-10,14H,11-13H2,1-2H3,(H,22,24). The van der Waals surface area contributed by atoms with Crippen molar-refractivity contribution in [3.63, 3.8) is 0 Å². The van der Waals surface area contributed by atoms with E-state index in [0.29, 0.717) is 18.7 Å². The molecule has 3 rings (SSSR count). The van der Waals surface area contributed by atoms with Crippen LogP contribution in [0.2, 0.25) is 0 Å². The molecular formula is C21H20N2O3. The SMILES string of the molecule is Cc1ccc(C(=O)NCC#Cc2ccc(N3CCOC3=O)cc2)cc1C. The summed E-state index contributed by atoms with van der Waals surface area (Å²) >= 11 is 0. The van der Waals surface area contributed by atoms with Gasteiger partial charge < -0.3 is 10.1 Å². The van der Waals surface area contributed by atoms with Crippen molar-refractivity contribution in [2.75, 3.05) is 24.6 Å². The fourth-order valence-electron chi connectivity index (χ4n) is 2.61. The van der Waals surface area contributed by atoms with Crippen LogP contribution in [0.15, 0.2) is 42.5 Å². The molecule has 1 aliphatic rings. The third-order valence-electron chi connectivity index (χ3n) is 4.28. The highest BCUT2D eigenvalue weighted by atomic mass is 16.6. The Bertz CT molecular complexity index is 892. The quantitative estimate of drug-likeness (QED) is 0.868. The molecule has 2 aromatic carbocycles. The summed E-state index contributed by atoms with van der Waals surface area (Å²) in [7, 11) is 0. The molecule has 26 heavy (non-hydrogen) atoms. The number of nitrogens with one attached hydrogen (secondary N) is 1. The lowest BCUT2D eigenvalue weighted by molar-refractivity contribution is 0.0958. The molecule has 1 fully saturated rings. The number of cyclic esters (lactones) is 1. The number of ether oxygens (including phenoxy) is 1. The molecule has 0 atom stereocenters. The highest BCUT2D eigenvalue weighted by molar-refractivity contribution is 5.94. The van der Waals surface area contributed by atoms with Crippen molar-refractivity contribution < 1.29 is 14.3 Å². The third-order valence-corrected chi connectivity index (χ3v) is 4.28. The number of rotatable bonds is 3. The van der Waals surface area contributed by atoms with Gasteiger partial charge in [0.1, 0.15) is 6.61 Å². The summed E-state index contributed by atoms with van der Waals surface area (Å²) in [6, 6.07) is 13.0. The molecule has 1 saturated heterocycles. The second kappa shape index (κ2) is 7.75. The van der Waals surface area contributed by atoms with Crippen molar-refractivity contribution >= 4 is 17.7 Å². The number of benzene rings is 2. The van der Waals surface area contributed by atoms with E-state index in [1.807, 2.05) is 56.3 Å². The molecule has 1 heterocycles. The second-order valence-corrected chi connectivity index (χ2v) is 6.10. The fraction of sp³-hybridized carbons (Fsp3) is 0.238. The van der Waals surface area contributed by atoms with Gasteiger partial charge >= 0.3 is 6.09 Å². The van der Waals surface area contributed by atoms with Gasteiger partial charge in [-0.15, -0.1) is 0 Å². The number of carbonyl (C=O) groups is 2. The van der Waals surface area contributed by atoms with Crippen molar-refractivity contribution in [2.45, 2.75) is 13.8 Å². The van der Waals surface area contributed by atoms with Gasteiger partial charge in [0, 0.05) is 16.8 Å². The molecule has 0 unspecified atom stereocenters. The normalized spacial score (nSPS) is 13.0. The predicted octanol–water partition coefficient (Wildman–Crippen LogP) is 3.04. The summed E-state index contributed by atoms with van der Waals surface area (Å²) in [5.41, 5.74) is 4.50. The number of nitrogens with zero attached hydrogens (tertiary/aromatic N) is 1. The first-order valence-corrected chi connectivity index (χ1v) is 8.43. The smallest absolute Gasteiger partial charge is 0.414 e. The number of hydrogen-bond donors (Lipinski definition) is 1. The van der Waals surface area contributed by atoms with Crippen LogP contribution in [0.5, 0.6) is 0 Å². The van der Waals surface area contributed by atoms with E-state index in [9.17, 15) is 9.59 Å². The van der Waals surface area contributed by atoms with E-state index in [1.54, 1.807) is 4.90 Å². The lowest BCUT2D eigenvalue weighted by Gasteiger charge is -2.11. The van der Waals surface area contributed by atoms with Crippen LogP contribution in [-0.2, 0) is 4.74 Å². The van der Waals surface area contributed by atoms with E-state index >= 15 is 0 Å². The van der Waals surface area contributed by atoms with Crippen molar-refractivity contribution in [1.82, 2.24) is 5.32 Å². The van der Waals surface area contributed by atoms with Gasteiger partial charge in [0.2, 0.25) is 0 Å². The molecule has 5 heteroatoms. The van der Waals surface area contributed by atoms with E-state index in [-0.39, 0.29) is 18.5 Å². The van der Waals surface area contributed by atoms with Crippen LogP contribution in [0, 0.1) is 25.7 Å². The second-order valence-electron chi connectivity index (χ2n) is 6.10. The summed E-state index contributed by atoms with van der Waals surface area (Å²) in [6.07, 6.45) is -0.321. The van der Waals surface area contributed by atoms with Crippen LogP contribution in [0.25, 0.3) is 0 Å². The van der Waals surface area contributed by atoms with Gasteiger partial charge in [-0.3, -0.25) is 9.69 Å². The highest BCUT2D eigenvalue weighted by Crippen LogP contribution is 2.18. The van der Waals surface area contributed by atoms with Crippen LogP contribution in [-0.4, -0.2) is 31.7 Å². The van der Waals surface area contributed by atoms with E-state index in [0.717, 1.165) is 22.4 Å². The van der Waals surface area contributed by atoms with Crippen molar-refractivity contribution in [2.24, 2.45) is 0 Å². The van der Waals surface area contributed by atoms with Crippen molar-refractivity contribution in [1.29, 1.82) is 0 Å². The zero-order valence-corrected chi connectivity index (χ0v) is 14.8. The lowest BCUT2D eigenvalue weighted by atomic mass is 10.1. The maximum Gasteiger partial charge on any atom is 0.414 e. The van der Waals surface area contributed by atoms with Gasteiger partial charge in [0.25, 0.3) is 5.91 Å². The molecule has 1 N–H and O–H groups in total. The minimum Gasteiger partial charge on any atom is -0.447 e. The maximum absolute atomic E-state index is 12.1. The summed E-state index contributed by atoms with van der Waals surface area (Å²) < 4.78 is 4.92. The predicted molar refractivity (Wildman–Crippen MR) is 100 cm³/mol. The minimum atomic E-state index is -0.321. The Morgan fingerprint density at radius 3 is 2.58 bits per heavy atom. The Hall–Kier alpha value is -3.26. The van der Waals surface area contributed by atoms with Crippen LogP contribution in [0.1, 0.15) is 27.0 Å². The Balaban J connectivity index is 1.55. The monoisotopic (exact) mass is 348 g/mol. The van der Waals surface area contributed by atoms with Crippen LogP contribution >= 0.6 is 0 Å². The van der Waals surface area contributed by atoms with Gasteiger partial charge in [-0.05, 0) is 61.4 Å². The molecular weight excluding hydrogens is 328 g/mol. The molecule has 0 spiro atoms. The first-order valence-electron chi connectivity index (χ1n) is 8.43. The summed E-state index contributed by atoms with van der Waals surface area (Å²) in [5.74, 6) is 5.81. The fourth-order valence-corrected chi connectivity index (χ4v) is 2.61. The van der Waals surface area contributed by atoms with E-state index in [4.69, 9.17) is 4.74 Å². The van der Waals surface area contributed by atoms with Gasteiger partial charge in [0.15, 0.2) is 0 Å². The number of anilines is 1. The molecule has 132 valence electrons. The Morgan fingerprint density at radius 1 is 1.15 bits per heavy atom. The topological polar surface area (TPSA) is 58.6 Å². The van der Waals surface area contributed by atoms with Gasteiger partial charge in [-0.2, -0.15) is 0 Å². The third kappa shape index (κ3) is 4.04. The molecule has 0 radical (unpaired) electrons. The first-order chi connectivity index (χ1) is 12.5. The van der Waals surface area contributed by atoms with Gasteiger partial charge in [-0.25, -0.2) is 4.79 Å². The molecule has 5 nitrogen and oxygen atoms in total. The van der Waals surface area contributed by atoms with Gasteiger partial charge in [-0.1, -0.05) is 17.9 Å². The van der Waals surface area contributed by atoms with Crippen LogP contribution in [0.4, 0.5) is 10.5 Å². The molecule has 2 amide bonds. The van der Waals surface area contributed by atoms with E-state index < -0.39 is 0 Å².